The van der Waals surface area contributed by atoms with E-state index in [-0.39, 0.29) is 23.5 Å². The molecule has 3 aliphatic heterocycles. The number of aliphatic hydroxyl groups excluding tert-OH is 2. The van der Waals surface area contributed by atoms with Gasteiger partial charge in [0, 0.05) is 18.1 Å². The second-order valence-corrected chi connectivity index (χ2v) is 12.8. The molecule has 0 radical (unpaired) electrons. The van der Waals surface area contributed by atoms with Gasteiger partial charge >= 0.3 is 17.7 Å². The van der Waals surface area contributed by atoms with Gasteiger partial charge in [0.15, 0.2) is 23.4 Å². The second-order valence-electron chi connectivity index (χ2n) is 12.8. The van der Waals surface area contributed by atoms with Crippen LogP contribution < -0.4 is 9.47 Å². The average molecular weight is 739 g/mol. The van der Waals surface area contributed by atoms with Crippen molar-refractivity contribution in [2.75, 3.05) is 6.61 Å². The van der Waals surface area contributed by atoms with E-state index in [0.717, 1.165) is 11.6 Å². The molecule has 2 bridgehead atoms. The first-order valence-corrected chi connectivity index (χ1v) is 15.9. The maximum Gasteiger partial charge on any atom is 0.339 e. The van der Waals surface area contributed by atoms with Crippen molar-refractivity contribution in [2.45, 2.75) is 61.0 Å². The van der Waals surface area contributed by atoms with E-state index in [1.807, 2.05) is 0 Å². The third-order valence-corrected chi connectivity index (χ3v) is 9.46. The fourth-order valence-corrected chi connectivity index (χ4v) is 6.65. The van der Waals surface area contributed by atoms with E-state index in [9.17, 15) is 65.1 Å². The van der Waals surface area contributed by atoms with Gasteiger partial charge in [0.05, 0.1) is 22.6 Å². The van der Waals surface area contributed by atoms with Crippen molar-refractivity contribution in [3.05, 3.63) is 82.4 Å². The molecule has 1 aliphatic carbocycles. The predicted octanol–water partition coefficient (Wildman–Crippen LogP) is -0.713. The SMILES string of the molecule is O=C1OC[C@H]2O[C@@H](Oc3ccc(C(=O)CCc4ccc(O)cc4)c(O)c3)[C@H](O)[C@@H](O)[C@@H]2OC(=O)c2cc(O)c(O)c3c2[C@H]2C1=CC(=O)[C@@](O)(O3)C2(O)O. The van der Waals surface area contributed by atoms with Crippen LogP contribution >= 0.6 is 0 Å². The minimum atomic E-state index is -3.66. The zero-order valence-electron chi connectivity index (χ0n) is 27.0. The van der Waals surface area contributed by atoms with Crippen molar-refractivity contribution in [2.24, 2.45) is 0 Å². The summed E-state index contributed by atoms with van der Waals surface area (Å²) in [6, 6.07) is 10.4. The number of aromatic hydroxyl groups is 4. The van der Waals surface area contributed by atoms with Crippen LogP contribution in [-0.4, -0.2) is 118 Å². The molecule has 7 rings (SSSR count). The van der Waals surface area contributed by atoms with Crippen molar-refractivity contribution >= 4 is 23.5 Å². The number of aryl methyl sites for hydroxylation is 1. The van der Waals surface area contributed by atoms with Gasteiger partial charge in [-0.1, -0.05) is 12.1 Å². The van der Waals surface area contributed by atoms with Gasteiger partial charge in [-0.25, -0.2) is 9.59 Å². The molecular formula is C35H30O18. The second kappa shape index (κ2) is 12.7. The zero-order chi connectivity index (χ0) is 38.1. The smallest absolute Gasteiger partial charge is 0.339 e. The summed E-state index contributed by atoms with van der Waals surface area (Å²) in [5, 5.41) is 96.1. The van der Waals surface area contributed by atoms with E-state index in [1.165, 1.54) is 24.3 Å². The first-order valence-electron chi connectivity index (χ1n) is 15.9. The number of ketones is 2. The predicted molar refractivity (Wildman–Crippen MR) is 169 cm³/mol. The summed E-state index contributed by atoms with van der Waals surface area (Å²) in [7, 11) is 0. The molecule has 1 saturated heterocycles. The number of phenolic OH excluding ortho intramolecular Hbond substituents is 4. The third-order valence-electron chi connectivity index (χ3n) is 9.46. The molecule has 0 aromatic heterocycles. The van der Waals surface area contributed by atoms with Crippen LogP contribution in [0.4, 0.5) is 0 Å². The highest BCUT2D eigenvalue weighted by atomic mass is 16.7. The Bertz CT molecular complexity index is 2070. The molecule has 3 aromatic rings. The van der Waals surface area contributed by atoms with E-state index in [1.54, 1.807) is 12.1 Å². The van der Waals surface area contributed by atoms with Crippen molar-refractivity contribution in [1.82, 2.24) is 0 Å². The van der Waals surface area contributed by atoms with Crippen LogP contribution in [0.1, 0.15) is 44.2 Å². The fraction of sp³-hybridized carbons (Fsp3) is 0.314. The lowest BCUT2D eigenvalue weighted by atomic mass is 9.70. The lowest BCUT2D eigenvalue weighted by molar-refractivity contribution is -0.339. The van der Waals surface area contributed by atoms with Gasteiger partial charge in [0.2, 0.25) is 17.8 Å². The summed E-state index contributed by atoms with van der Waals surface area (Å²) in [6.07, 6.45) is -8.52. The van der Waals surface area contributed by atoms with E-state index < -0.39 is 118 Å². The van der Waals surface area contributed by atoms with E-state index in [2.05, 4.69) is 0 Å². The molecule has 1 fully saturated rings. The minimum absolute atomic E-state index is 0.0134. The highest BCUT2D eigenvalue weighted by molar-refractivity contribution is 6.08. The monoisotopic (exact) mass is 738 g/mol. The summed E-state index contributed by atoms with van der Waals surface area (Å²) in [5.74, 6) is -18.1. The number of carbonyl (C=O) groups is 4. The number of hydrogen-bond donors (Lipinski definition) is 9. The average Bonchev–Trinajstić information content (AvgIpc) is 3.12. The van der Waals surface area contributed by atoms with Crippen LogP contribution in [0, 0.1) is 0 Å². The molecule has 53 heavy (non-hydrogen) atoms. The van der Waals surface area contributed by atoms with Crippen LogP contribution in [0.2, 0.25) is 0 Å². The van der Waals surface area contributed by atoms with Crippen LogP contribution in [0.3, 0.4) is 0 Å². The third kappa shape index (κ3) is 5.77. The van der Waals surface area contributed by atoms with Gasteiger partial charge in [-0.15, -0.1) is 0 Å². The lowest BCUT2D eigenvalue weighted by Crippen LogP contribution is -2.70. The Morgan fingerprint density at radius 2 is 1.60 bits per heavy atom. The lowest BCUT2D eigenvalue weighted by Gasteiger charge is -2.49. The molecule has 9 N–H and O–H groups in total. The molecule has 278 valence electrons. The molecule has 0 amide bonds. The van der Waals surface area contributed by atoms with Gasteiger partial charge in [-0.2, -0.15) is 0 Å². The molecule has 0 unspecified atom stereocenters. The molecule has 3 aromatic carbocycles. The first kappa shape index (κ1) is 35.6. The molecule has 0 spiro atoms. The molecule has 7 atom stereocenters. The van der Waals surface area contributed by atoms with Crippen molar-refractivity contribution in [3.8, 4) is 34.5 Å². The summed E-state index contributed by atoms with van der Waals surface area (Å²) >= 11 is 0. The Morgan fingerprint density at radius 1 is 0.887 bits per heavy atom. The van der Waals surface area contributed by atoms with Gasteiger partial charge < -0.3 is 69.6 Å². The number of ether oxygens (including phenoxy) is 5. The molecule has 3 heterocycles. The quantitative estimate of drug-likeness (QED) is 0.0653. The number of carbonyl (C=O) groups excluding carboxylic acids is 4. The number of benzene rings is 3. The van der Waals surface area contributed by atoms with Gasteiger partial charge in [0.1, 0.15) is 42.2 Å². The Morgan fingerprint density at radius 3 is 2.30 bits per heavy atom. The maximum absolute atomic E-state index is 13.7. The topological polar surface area (TPSA) is 296 Å². The zero-order valence-corrected chi connectivity index (χ0v) is 27.0. The number of fused-ring (bicyclic) bond motifs is 2. The van der Waals surface area contributed by atoms with Crippen LogP contribution in [0.5, 0.6) is 34.5 Å². The maximum atomic E-state index is 13.7. The van der Waals surface area contributed by atoms with Crippen LogP contribution in [0.25, 0.3) is 0 Å². The van der Waals surface area contributed by atoms with Crippen molar-refractivity contribution < 1.29 is 88.8 Å². The van der Waals surface area contributed by atoms with Gasteiger partial charge in [-0.05, 0) is 48.4 Å². The molecular weight excluding hydrogens is 708 g/mol. The largest absolute Gasteiger partial charge is 0.508 e. The Balaban J connectivity index is 1.16. The molecule has 0 saturated carbocycles. The normalized spacial score (nSPS) is 28.6. The number of Topliss-reactive ketones (excluding diaryl/α,β-unsaturated/α-hetero) is 1. The van der Waals surface area contributed by atoms with Crippen LogP contribution in [0.15, 0.2) is 60.2 Å². The minimum Gasteiger partial charge on any atom is -0.508 e. The molecule has 18 heteroatoms. The Labute approximate surface area is 296 Å². The standard InChI is InChI=1S/C35H30O18/c36-14-4-1-13(2-5-14)3-8-19(37)16-7-6-15(9-20(16)38)50-33-28(43)27(42)29-22(51-33)12-49-31(44)18-11-23(40)35(48)34(46,47)25(18)24-17(32(45)52-29)10-21(39)26(41)30(24)53-35/h1-2,4-7,9-11,22,25,27-29,33,36,38-39,41-43,46-48H,3,8,12H2/t22-,25-,27-,28-,29-,33-,35-/m1/s1. The Kier molecular flexibility index (Phi) is 8.56. The number of hydrogen-bond acceptors (Lipinski definition) is 18. The van der Waals surface area contributed by atoms with Crippen molar-refractivity contribution in [1.29, 1.82) is 0 Å². The van der Waals surface area contributed by atoms with E-state index >= 15 is 0 Å². The number of cyclic esters (lactones) is 1. The number of esters is 2. The summed E-state index contributed by atoms with van der Waals surface area (Å²) in [6.45, 7) is -0.886. The number of aliphatic hydroxyl groups is 5. The van der Waals surface area contributed by atoms with Crippen molar-refractivity contribution in [3.63, 3.8) is 0 Å². The molecule has 4 aliphatic rings. The summed E-state index contributed by atoms with van der Waals surface area (Å²) in [4.78, 5) is 52.9. The van der Waals surface area contributed by atoms with Gasteiger partial charge in [-0.3, -0.25) is 9.59 Å². The highest BCUT2D eigenvalue weighted by Crippen LogP contribution is 2.58. The van der Waals surface area contributed by atoms with E-state index in [4.69, 9.17) is 23.7 Å². The number of phenols is 4. The highest BCUT2D eigenvalue weighted by Gasteiger charge is 2.69. The fourth-order valence-electron chi connectivity index (χ4n) is 6.65. The molecule has 18 nitrogen and oxygen atoms in total. The first-order chi connectivity index (χ1) is 25.0. The Hall–Kier alpha value is -5.76. The summed E-state index contributed by atoms with van der Waals surface area (Å²) < 4.78 is 27.2. The summed E-state index contributed by atoms with van der Waals surface area (Å²) in [5.41, 5.74) is -1.61. The van der Waals surface area contributed by atoms with Crippen LogP contribution in [-0.2, 0) is 30.2 Å². The van der Waals surface area contributed by atoms with E-state index in [0.29, 0.717) is 18.6 Å². The number of rotatable bonds is 6. The van der Waals surface area contributed by atoms with Gasteiger partial charge in [0.25, 0.3) is 5.79 Å².